The Morgan fingerprint density at radius 2 is 2.03 bits per heavy atom. The molecule has 0 aliphatic heterocycles. The zero-order valence-corrected chi connectivity index (χ0v) is 20.0. The number of likely N-dealkylation sites (N-methyl/N-ethyl adjacent to an activating group) is 1. The van der Waals surface area contributed by atoms with E-state index in [1.165, 1.54) is 0 Å². The van der Waals surface area contributed by atoms with Crippen LogP contribution < -0.4 is 5.32 Å². The highest BCUT2D eigenvalue weighted by atomic mass is 32.1. The maximum Gasteiger partial charge on any atom is 0.255 e. The van der Waals surface area contributed by atoms with Crippen LogP contribution in [0.4, 0.5) is 5.69 Å². The third-order valence-electron chi connectivity index (χ3n) is 5.35. The molecular weight excluding hydrogens is 450 g/mol. The standard InChI is InChI=1S/C25H23N5OS2/c1-29(2)8-9-30-15-20-13-23(21(14-22(20)28-30)19-6-10-32-16-19)27-24(31)17-4-3-5-18(12-17)25-26-7-11-33-25/h3-7,10-16H,8-9H2,1-2H3,(H,27,31). The first kappa shape index (κ1) is 21.5. The van der Waals surface area contributed by atoms with Gasteiger partial charge in [0.25, 0.3) is 5.91 Å². The van der Waals surface area contributed by atoms with Gasteiger partial charge in [-0.1, -0.05) is 12.1 Å². The lowest BCUT2D eigenvalue weighted by atomic mass is 10.0. The molecule has 0 saturated carbocycles. The number of nitrogens with one attached hydrogen (secondary N) is 1. The molecule has 0 aliphatic carbocycles. The van der Waals surface area contributed by atoms with Gasteiger partial charge in [-0.15, -0.1) is 11.3 Å². The van der Waals surface area contributed by atoms with E-state index in [1.54, 1.807) is 28.9 Å². The van der Waals surface area contributed by atoms with Crippen molar-refractivity contribution in [1.82, 2.24) is 19.7 Å². The molecule has 5 rings (SSSR count). The molecule has 0 radical (unpaired) electrons. The number of thiophene rings is 1. The lowest BCUT2D eigenvalue weighted by Gasteiger charge is -2.11. The van der Waals surface area contributed by atoms with E-state index in [9.17, 15) is 4.79 Å². The second kappa shape index (κ2) is 9.27. The molecule has 3 heterocycles. The summed E-state index contributed by atoms with van der Waals surface area (Å²) >= 11 is 3.19. The number of aromatic nitrogens is 3. The van der Waals surface area contributed by atoms with E-state index in [4.69, 9.17) is 5.10 Å². The SMILES string of the molecule is CN(C)CCn1cc2cc(NC(=O)c3cccc(-c4nccs4)c3)c(-c3ccsc3)cc2n1. The van der Waals surface area contributed by atoms with Crippen molar-refractivity contribution in [1.29, 1.82) is 0 Å². The number of anilines is 1. The van der Waals surface area contributed by atoms with Crippen LogP contribution in [-0.4, -0.2) is 46.2 Å². The minimum atomic E-state index is -0.149. The number of nitrogens with zero attached hydrogens (tertiary/aromatic N) is 4. The van der Waals surface area contributed by atoms with Crippen molar-refractivity contribution in [2.45, 2.75) is 6.54 Å². The fraction of sp³-hybridized carbons (Fsp3) is 0.160. The lowest BCUT2D eigenvalue weighted by molar-refractivity contribution is 0.102. The number of hydrogen-bond acceptors (Lipinski definition) is 6. The molecule has 5 aromatic rings. The molecule has 3 aromatic heterocycles. The van der Waals surface area contributed by atoms with Crippen LogP contribution in [0.2, 0.25) is 0 Å². The first-order valence-corrected chi connectivity index (χ1v) is 12.4. The smallest absolute Gasteiger partial charge is 0.255 e. The molecule has 1 amide bonds. The second-order valence-corrected chi connectivity index (χ2v) is 9.71. The Balaban J connectivity index is 1.49. The van der Waals surface area contributed by atoms with Gasteiger partial charge in [-0.25, -0.2) is 4.98 Å². The Bertz CT molecular complexity index is 1390. The number of carbonyl (C=O) groups excluding carboxylic acids is 1. The summed E-state index contributed by atoms with van der Waals surface area (Å²) in [5, 5.41) is 15.8. The highest BCUT2D eigenvalue weighted by molar-refractivity contribution is 7.13. The highest BCUT2D eigenvalue weighted by Crippen LogP contribution is 2.34. The van der Waals surface area contributed by atoms with E-state index in [0.717, 1.165) is 51.4 Å². The fourth-order valence-electron chi connectivity index (χ4n) is 3.65. The van der Waals surface area contributed by atoms with Crippen molar-refractivity contribution < 1.29 is 4.79 Å². The zero-order valence-electron chi connectivity index (χ0n) is 18.4. The summed E-state index contributed by atoms with van der Waals surface area (Å²) in [4.78, 5) is 19.7. The Kier molecular flexibility index (Phi) is 6.04. The van der Waals surface area contributed by atoms with E-state index in [2.05, 4.69) is 46.8 Å². The van der Waals surface area contributed by atoms with Crippen LogP contribution in [0, 0.1) is 0 Å². The van der Waals surface area contributed by atoms with Crippen LogP contribution in [0.25, 0.3) is 32.6 Å². The van der Waals surface area contributed by atoms with Gasteiger partial charge in [0.2, 0.25) is 0 Å². The van der Waals surface area contributed by atoms with Crippen LogP contribution in [-0.2, 0) is 6.54 Å². The number of amides is 1. The average molecular weight is 474 g/mol. The first-order chi connectivity index (χ1) is 16.1. The van der Waals surface area contributed by atoms with Gasteiger partial charge in [0.05, 0.1) is 12.1 Å². The third-order valence-corrected chi connectivity index (χ3v) is 6.86. The van der Waals surface area contributed by atoms with E-state index >= 15 is 0 Å². The van der Waals surface area contributed by atoms with Crippen molar-refractivity contribution in [3.63, 3.8) is 0 Å². The van der Waals surface area contributed by atoms with E-state index in [0.29, 0.717) is 5.56 Å². The predicted octanol–water partition coefficient (Wildman–Crippen LogP) is 5.70. The number of fused-ring (bicyclic) bond motifs is 1. The molecular formula is C25H23N5OS2. The van der Waals surface area contributed by atoms with Crippen LogP contribution in [0.5, 0.6) is 0 Å². The zero-order chi connectivity index (χ0) is 22.8. The molecule has 8 heteroatoms. The molecule has 33 heavy (non-hydrogen) atoms. The summed E-state index contributed by atoms with van der Waals surface area (Å²) in [7, 11) is 4.10. The van der Waals surface area contributed by atoms with Crippen LogP contribution in [0.3, 0.4) is 0 Å². The normalized spacial score (nSPS) is 11.4. The average Bonchev–Trinajstić information content (AvgIpc) is 3.59. The summed E-state index contributed by atoms with van der Waals surface area (Å²) < 4.78 is 1.96. The maximum absolute atomic E-state index is 13.2. The molecule has 0 aliphatic rings. The van der Waals surface area contributed by atoms with Gasteiger partial charge in [0.15, 0.2) is 0 Å². The van der Waals surface area contributed by atoms with Gasteiger partial charge >= 0.3 is 0 Å². The summed E-state index contributed by atoms with van der Waals surface area (Å²) in [5.41, 5.74) is 5.26. The van der Waals surface area contributed by atoms with Crippen molar-refractivity contribution in [3.8, 4) is 21.7 Å². The summed E-state index contributed by atoms with van der Waals surface area (Å²) in [6.45, 7) is 1.71. The van der Waals surface area contributed by atoms with Gasteiger partial charge < -0.3 is 10.2 Å². The number of thiazole rings is 1. The molecule has 166 valence electrons. The molecule has 0 spiro atoms. The van der Waals surface area contributed by atoms with Crippen LogP contribution in [0.1, 0.15) is 10.4 Å². The Morgan fingerprint density at radius 3 is 2.79 bits per heavy atom. The molecule has 0 saturated heterocycles. The highest BCUT2D eigenvalue weighted by Gasteiger charge is 2.15. The first-order valence-electron chi connectivity index (χ1n) is 10.6. The van der Waals surface area contributed by atoms with Gasteiger partial charge in [0.1, 0.15) is 5.01 Å². The van der Waals surface area contributed by atoms with E-state index < -0.39 is 0 Å². The van der Waals surface area contributed by atoms with Crippen molar-refractivity contribution in [2.75, 3.05) is 26.0 Å². The molecule has 0 bridgehead atoms. The minimum absolute atomic E-state index is 0.149. The quantitative estimate of drug-likeness (QED) is 0.329. The van der Waals surface area contributed by atoms with Gasteiger partial charge in [-0.2, -0.15) is 16.4 Å². The minimum Gasteiger partial charge on any atom is -0.321 e. The molecule has 2 aromatic carbocycles. The topological polar surface area (TPSA) is 63.0 Å². The maximum atomic E-state index is 13.2. The van der Waals surface area contributed by atoms with Crippen molar-refractivity contribution in [3.05, 3.63) is 76.6 Å². The van der Waals surface area contributed by atoms with Crippen molar-refractivity contribution >= 4 is 45.2 Å². The van der Waals surface area contributed by atoms with Crippen LogP contribution in [0.15, 0.2) is 71.0 Å². The number of benzene rings is 2. The Labute approximate surface area is 200 Å². The Morgan fingerprint density at radius 1 is 1.12 bits per heavy atom. The second-order valence-electron chi connectivity index (χ2n) is 8.04. The monoisotopic (exact) mass is 473 g/mol. The van der Waals surface area contributed by atoms with Crippen LogP contribution >= 0.6 is 22.7 Å². The summed E-state index contributed by atoms with van der Waals surface area (Å²) in [6.07, 6.45) is 3.81. The number of rotatable bonds is 7. The molecule has 0 atom stereocenters. The fourth-order valence-corrected chi connectivity index (χ4v) is 4.95. The molecule has 0 fully saturated rings. The molecule has 6 nitrogen and oxygen atoms in total. The largest absolute Gasteiger partial charge is 0.321 e. The number of carbonyl (C=O) groups is 1. The van der Waals surface area contributed by atoms with Gasteiger partial charge in [-0.3, -0.25) is 9.48 Å². The van der Waals surface area contributed by atoms with E-state index in [1.807, 2.05) is 52.0 Å². The molecule has 1 N–H and O–H groups in total. The molecule has 0 unspecified atom stereocenters. The van der Waals surface area contributed by atoms with E-state index in [-0.39, 0.29) is 5.91 Å². The van der Waals surface area contributed by atoms with Crippen molar-refractivity contribution in [2.24, 2.45) is 0 Å². The van der Waals surface area contributed by atoms with Gasteiger partial charge in [-0.05, 0) is 60.8 Å². The lowest BCUT2D eigenvalue weighted by Crippen LogP contribution is -2.18. The third kappa shape index (κ3) is 4.73. The number of hydrogen-bond donors (Lipinski definition) is 1. The predicted molar refractivity (Wildman–Crippen MR) is 137 cm³/mol. The summed E-state index contributed by atoms with van der Waals surface area (Å²) in [5.74, 6) is -0.149. The Hall–Kier alpha value is -3.33. The summed E-state index contributed by atoms with van der Waals surface area (Å²) in [6, 6.07) is 13.7. The van der Waals surface area contributed by atoms with Gasteiger partial charge in [0, 0.05) is 52.1 Å².